The standard InChI is InChI=1S/C23H22N2O5/c1-16-8-9-19(21(12-16)30-15-17-6-4-3-5-7-17)14-24-23(26)18-10-11-20(25(27)28)22(13-18)29-2/h3-13H,14-15H2,1-2H3,(H,24,26). The Morgan fingerprint density at radius 3 is 2.50 bits per heavy atom. The van der Waals surface area contributed by atoms with Crippen molar-refractivity contribution in [2.45, 2.75) is 20.1 Å². The lowest BCUT2D eigenvalue weighted by atomic mass is 10.1. The van der Waals surface area contributed by atoms with Crippen molar-refractivity contribution in [3.05, 3.63) is 99.1 Å². The topological polar surface area (TPSA) is 90.7 Å². The fourth-order valence-corrected chi connectivity index (χ4v) is 2.92. The molecule has 3 rings (SSSR count). The molecule has 0 aliphatic heterocycles. The molecule has 7 heteroatoms. The molecule has 0 heterocycles. The van der Waals surface area contributed by atoms with Gasteiger partial charge < -0.3 is 14.8 Å². The molecule has 0 aliphatic carbocycles. The van der Waals surface area contributed by atoms with Gasteiger partial charge in [-0.05, 0) is 30.2 Å². The molecule has 154 valence electrons. The second-order valence-electron chi connectivity index (χ2n) is 6.71. The lowest BCUT2D eigenvalue weighted by Gasteiger charge is -2.14. The van der Waals surface area contributed by atoms with Gasteiger partial charge in [-0.2, -0.15) is 0 Å². The molecule has 0 saturated carbocycles. The van der Waals surface area contributed by atoms with Gasteiger partial charge in [-0.25, -0.2) is 0 Å². The smallest absolute Gasteiger partial charge is 0.310 e. The van der Waals surface area contributed by atoms with Crippen LogP contribution in [0.5, 0.6) is 11.5 Å². The molecule has 30 heavy (non-hydrogen) atoms. The van der Waals surface area contributed by atoms with E-state index in [0.717, 1.165) is 16.7 Å². The fourth-order valence-electron chi connectivity index (χ4n) is 2.92. The van der Waals surface area contributed by atoms with Gasteiger partial charge >= 0.3 is 5.69 Å². The Morgan fingerprint density at radius 2 is 1.80 bits per heavy atom. The minimum Gasteiger partial charge on any atom is -0.490 e. The van der Waals surface area contributed by atoms with Gasteiger partial charge in [0.1, 0.15) is 12.4 Å². The first kappa shape index (κ1) is 20.9. The third kappa shape index (κ3) is 5.14. The normalized spacial score (nSPS) is 10.3. The summed E-state index contributed by atoms with van der Waals surface area (Å²) in [4.78, 5) is 23.0. The number of ether oxygens (including phenoxy) is 2. The number of hydrogen-bond donors (Lipinski definition) is 1. The average molecular weight is 406 g/mol. The van der Waals surface area contributed by atoms with Crippen molar-refractivity contribution in [2.24, 2.45) is 0 Å². The second kappa shape index (κ2) is 9.56. The first-order valence-corrected chi connectivity index (χ1v) is 9.35. The highest BCUT2D eigenvalue weighted by Gasteiger charge is 2.17. The summed E-state index contributed by atoms with van der Waals surface area (Å²) in [6.45, 7) is 2.65. The van der Waals surface area contributed by atoms with Crippen molar-refractivity contribution < 1.29 is 19.2 Å². The number of benzene rings is 3. The number of methoxy groups -OCH3 is 1. The van der Waals surface area contributed by atoms with Crippen LogP contribution in [0.3, 0.4) is 0 Å². The van der Waals surface area contributed by atoms with Crippen LogP contribution in [0.15, 0.2) is 66.7 Å². The molecule has 1 amide bonds. The highest BCUT2D eigenvalue weighted by molar-refractivity contribution is 5.95. The van der Waals surface area contributed by atoms with Crippen LogP contribution in [-0.2, 0) is 13.2 Å². The van der Waals surface area contributed by atoms with Gasteiger partial charge in [0.2, 0.25) is 0 Å². The van der Waals surface area contributed by atoms with Crippen LogP contribution < -0.4 is 14.8 Å². The molecule has 0 bridgehead atoms. The summed E-state index contributed by atoms with van der Waals surface area (Å²) in [5, 5.41) is 13.8. The Kier molecular flexibility index (Phi) is 6.64. The van der Waals surface area contributed by atoms with Crippen LogP contribution >= 0.6 is 0 Å². The molecule has 0 unspecified atom stereocenters. The summed E-state index contributed by atoms with van der Waals surface area (Å²) in [6, 6.07) is 19.6. The fraction of sp³-hybridized carbons (Fsp3) is 0.174. The van der Waals surface area contributed by atoms with Gasteiger partial charge in [-0.3, -0.25) is 14.9 Å². The van der Waals surface area contributed by atoms with Crippen molar-refractivity contribution >= 4 is 11.6 Å². The van der Waals surface area contributed by atoms with E-state index in [4.69, 9.17) is 9.47 Å². The van der Waals surface area contributed by atoms with Crippen LogP contribution in [0, 0.1) is 17.0 Å². The maximum atomic E-state index is 12.5. The maximum Gasteiger partial charge on any atom is 0.310 e. The number of nitro benzene ring substituents is 1. The second-order valence-corrected chi connectivity index (χ2v) is 6.71. The summed E-state index contributed by atoms with van der Waals surface area (Å²) < 4.78 is 11.0. The summed E-state index contributed by atoms with van der Waals surface area (Å²) in [7, 11) is 1.33. The molecule has 0 radical (unpaired) electrons. The molecule has 3 aromatic rings. The molecule has 7 nitrogen and oxygen atoms in total. The van der Waals surface area contributed by atoms with Crippen LogP contribution in [0.25, 0.3) is 0 Å². The molecule has 0 saturated heterocycles. The van der Waals surface area contributed by atoms with Crippen LogP contribution in [-0.4, -0.2) is 17.9 Å². The monoisotopic (exact) mass is 406 g/mol. The Hall–Kier alpha value is -3.87. The third-order valence-electron chi connectivity index (χ3n) is 4.54. The Labute approximate surface area is 174 Å². The number of aryl methyl sites for hydroxylation is 1. The Morgan fingerprint density at radius 1 is 1.03 bits per heavy atom. The molecule has 0 aliphatic rings. The van der Waals surface area contributed by atoms with Crippen LogP contribution in [0.1, 0.15) is 27.0 Å². The summed E-state index contributed by atoms with van der Waals surface area (Å²) in [6.07, 6.45) is 0. The zero-order valence-electron chi connectivity index (χ0n) is 16.8. The van der Waals surface area contributed by atoms with E-state index >= 15 is 0 Å². The predicted octanol–water partition coefficient (Wildman–Crippen LogP) is 4.42. The van der Waals surface area contributed by atoms with Gasteiger partial charge in [-0.15, -0.1) is 0 Å². The van der Waals surface area contributed by atoms with Crippen molar-refractivity contribution in [3.63, 3.8) is 0 Å². The van der Waals surface area contributed by atoms with E-state index < -0.39 is 4.92 Å². The Bertz CT molecular complexity index is 1050. The molecule has 0 aromatic heterocycles. The van der Waals surface area contributed by atoms with Crippen molar-refractivity contribution in [1.82, 2.24) is 5.32 Å². The predicted molar refractivity (Wildman–Crippen MR) is 113 cm³/mol. The van der Waals surface area contributed by atoms with E-state index in [9.17, 15) is 14.9 Å². The third-order valence-corrected chi connectivity index (χ3v) is 4.54. The van der Waals surface area contributed by atoms with Gasteiger partial charge in [0.05, 0.1) is 12.0 Å². The first-order chi connectivity index (χ1) is 14.5. The summed E-state index contributed by atoms with van der Waals surface area (Å²) in [5.41, 5.74) is 3.01. The molecule has 3 aromatic carbocycles. The van der Waals surface area contributed by atoms with Crippen molar-refractivity contribution in [2.75, 3.05) is 7.11 Å². The summed E-state index contributed by atoms with van der Waals surface area (Å²) >= 11 is 0. The van der Waals surface area contributed by atoms with Gasteiger partial charge in [0, 0.05) is 29.8 Å². The Balaban J connectivity index is 1.71. The van der Waals surface area contributed by atoms with E-state index in [-0.39, 0.29) is 29.5 Å². The van der Waals surface area contributed by atoms with Crippen LogP contribution in [0.4, 0.5) is 5.69 Å². The largest absolute Gasteiger partial charge is 0.490 e. The lowest BCUT2D eigenvalue weighted by molar-refractivity contribution is -0.385. The number of nitro groups is 1. The van der Waals surface area contributed by atoms with E-state index in [2.05, 4.69) is 5.32 Å². The number of rotatable bonds is 8. The number of carbonyl (C=O) groups excluding carboxylic acids is 1. The lowest BCUT2D eigenvalue weighted by Crippen LogP contribution is -2.23. The van der Waals surface area contributed by atoms with Crippen molar-refractivity contribution in [3.8, 4) is 11.5 Å². The molecule has 0 atom stereocenters. The van der Waals surface area contributed by atoms with Crippen molar-refractivity contribution in [1.29, 1.82) is 0 Å². The van der Waals surface area contributed by atoms with E-state index in [1.807, 2.05) is 55.5 Å². The SMILES string of the molecule is COc1cc(C(=O)NCc2ccc(C)cc2OCc2ccccc2)ccc1[N+](=O)[O-]. The van der Waals surface area contributed by atoms with Gasteiger partial charge in [-0.1, -0.05) is 42.5 Å². The number of nitrogens with one attached hydrogen (secondary N) is 1. The number of amides is 1. The minimum atomic E-state index is -0.552. The highest BCUT2D eigenvalue weighted by atomic mass is 16.6. The zero-order chi connectivity index (χ0) is 21.5. The quantitative estimate of drug-likeness (QED) is 0.442. The summed E-state index contributed by atoms with van der Waals surface area (Å²) in [5.74, 6) is 0.369. The average Bonchev–Trinajstić information content (AvgIpc) is 2.76. The number of hydrogen-bond acceptors (Lipinski definition) is 5. The first-order valence-electron chi connectivity index (χ1n) is 9.35. The molecular weight excluding hydrogens is 384 g/mol. The zero-order valence-corrected chi connectivity index (χ0v) is 16.8. The molecule has 1 N–H and O–H groups in total. The van der Waals surface area contributed by atoms with E-state index in [0.29, 0.717) is 12.4 Å². The molecule has 0 spiro atoms. The van der Waals surface area contributed by atoms with Gasteiger partial charge in [0.25, 0.3) is 5.91 Å². The van der Waals surface area contributed by atoms with E-state index in [1.165, 1.54) is 25.3 Å². The highest BCUT2D eigenvalue weighted by Crippen LogP contribution is 2.27. The van der Waals surface area contributed by atoms with Crippen LogP contribution in [0.2, 0.25) is 0 Å². The number of nitrogens with zero attached hydrogens (tertiary/aromatic N) is 1. The minimum absolute atomic E-state index is 0.0369. The van der Waals surface area contributed by atoms with E-state index in [1.54, 1.807) is 0 Å². The van der Waals surface area contributed by atoms with Gasteiger partial charge in [0.15, 0.2) is 5.75 Å². The molecular formula is C23H22N2O5. The molecule has 0 fully saturated rings. The maximum absolute atomic E-state index is 12.5. The number of carbonyl (C=O) groups is 1.